The molecule has 1 aromatic carbocycles. The SMILES string of the molecule is CC(C)C(C(=O)N1CCN(C)CC1)c1ccc(F)cc1. The van der Waals surface area contributed by atoms with Crippen LogP contribution in [-0.2, 0) is 4.79 Å². The van der Waals surface area contributed by atoms with Crippen molar-refractivity contribution in [2.75, 3.05) is 33.2 Å². The van der Waals surface area contributed by atoms with Crippen molar-refractivity contribution in [3.63, 3.8) is 0 Å². The maximum Gasteiger partial charge on any atom is 0.230 e. The molecular weight excluding hydrogens is 255 g/mol. The van der Waals surface area contributed by atoms with Crippen LogP contribution in [0.2, 0.25) is 0 Å². The van der Waals surface area contributed by atoms with Gasteiger partial charge in [-0.1, -0.05) is 26.0 Å². The Bertz CT molecular complexity index is 450. The van der Waals surface area contributed by atoms with E-state index in [2.05, 4.69) is 11.9 Å². The molecule has 110 valence electrons. The Kier molecular flexibility index (Phi) is 4.76. The number of carbonyl (C=O) groups excluding carboxylic acids is 1. The average Bonchev–Trinajstić information content (AvgIpc) is 2.41. The maximum atomic E-state index is 13.0. The van der Waals surface area contributed by atoms with Crippen molar-refractivity contribution >= 4 is 5.91 Å². The van der Waals surface area contributed by atoms with Gasteiger partial charge in [0.25, 0.3) is 0 Å². The Morgan fingerprint density at radius 3 is 2.15 bits per heavy atom. The van der Waals surface area contributed by atoms with E-state index < -0.39 is 0 Å². The molecule has 1 fully saturated rings. The Labute approximate surface area is 120 Å². The van der Waals surface area contributed by atoms with Crippen LogP contribution in [0.3, 0.4) is 0 Å². The van der Waals surface area contributed by atoms with Crippen molar-refractivity contribution in [2.24, 2.45) is 5.92 Å². The number of hydrogen-bond acceptors (Lipinski definition) is 2. The molecule has 0 spiro atoms. The first-order chi connectivity index (χ1) is 9.49. The monoisotopic (exact) mass is 278 g/mol. The van der Waals surface area contributed by atoms with Crippen LogP contribution in [0.25, 0.3) is 0 Å². The summed E-state index contributed by atoms with van der Waals surface area (Å²) in [5, 5.41) is 0. The molecule has 0 saturated carbocycles. The molecule has 0 bridgehead atoms. The first kappa shape index (κ1) is 15.0. The standard InChI is InChI=1S/C16H23FN2O/c1-12(2)15(13-4-6-14(17)7-5-13)16(20)19-10-8-18(3)9-11-19/h4-7,12,15H,8-11H2,1-3H3. The number of amides is 1. The molecule has 1 aromatic rings. The van der Waals surface area contributed by atoms with Gasteiger partial charge >= 0.3 is 0 Å². The highest BCUT2D eigenvalue weighted by Crippen LogP contribution is 2.27. The van der Waals surface area contributed by atoms with E-state index in [-0.39, 0.29) is 23.6 Å². The van der Waals surface area contributed by atoms with Gasteiger partial charge < -0.3 is 9.80 Å². The molecule has 1 aliphatic rings. The minimum Gasteiger partial charge on any atom is -0.340 e. The second kappa shape index (κ2) is 6.35. The van der Waals surface area contributed by atoms with Gasteiger partial charge in [-0.2, -0.15) is 0 Å². The lowest BCUT2D eigenvalue weighted by atomic mass is 9.87. The van der Waals surface area contributed by atoms with E-state index in [9.17, 15) is 9.18 Å². The fourth-order valence-corrected chi connectivity index (χ4v) is 2.71. The molecule has 2 rings (SSSR count). The molecule has 1 atom stereocenters. The highest BCUT2D eigenvalue weighted by atomic mass is 19.1. The molecule has 1 aliphatic heterocycles. The number of rotatable bonds is 3. The molecular formula is C16H23FN2O. The molecule has 0 aromatic heterocycles. The van der Waals surface area contributed by atoms with Gasteiger partial charge in [-0.25, -0.2) is 4.39 Å². The summed E-state index contributed by atoms with van der Waals surface area (Å²) in [6.07, 6.45) is 0. The zero-order valence-electron chi connectivity index (χ0n) is 12.5. The van der Waals surface area contributed by atoms with E-state index in [1.165, 1.54) is 12.1 Å². The molecule has 4 heteroatoms. The van der Waals surface area contributed by atoms with Crippen molar-refractivity contribution in [1.82, 2.24) is 9.80 Å². The van der Waals surface area contributed by atoms with E-state index >= 15 is 0 Å². The van der Waals surface area contributed by atoms with Crippen LogP contribution in [0.15, 0.2) is 24.3 Å². The van der Waals surface area contributed by atoms with Gasteiger partial charge in [0, 0.05) is 26.2 Å². The topological polar surface area (TPSA) is 23.6 Å². The predicted molar refractivity (Wildman–Crippen MR) is 78.1 cm³/mol. The molecule has 0 aliphatic carbocycles. The molecule has 20 heavy (non-hydrogen) atoms. The van der Waals surface area contributed by atoms with Crippen molar-refractivity contribution in [3.8, 4) is 0 Å². The molecule has 3 nitrogen and oxygen atoms in total. The summed E-state index contributed by atoms with van der Waals surface area (Å²) in [5.41, 5.74) is 0.908. The average molecular weight is 278 g/mol. The fraction of sp³-hybridized carbons (Fsp3) is 0.562. The van der Waals surface area contributed by atoms with Crippen LogP contribution in [0.1, 0.15) is 25.3 Å². The van der Waals surface area contributed by atoms with Gasteiger partial charge in [-0.15, -0.1) is 0 Å². The van der Waals surface area contributed by atoms with E-state index in [0.29, 0.717) is 0 Å². The molecule has 1 heterocycles. The summed E-state index contributed by atoms with van der Waals surface area (Å²) in [5.74, 6) is -0.0744. The van der Waals surface area contributed by atoms with Crippen LogP contribution < -0.4 is 0 Å². The Hall–Kier alpha value is -1.42. The summed E-state index contributed by atoms with van der Waals surface area (Å²) in [4.78, 5) is 16.9. The lowest BCUT2D eigenvalue weighted by Crippen LogP contribution is -2.49. The summed E-state index contributed by atoms with van der Waals surface area (Å²) < 4.78 is 13.0. The second-order valence-corrected chi connectivity index (χ2v) is 5.90. The number of hydrogen-bond donors (Lipinski definition) is 0. The Morgan fingerprint density at radius 2 is 1.65 bits per heavy atom. The zero-order chi connectivity index (χ0) is 14.7. The third-order valence-electron chi connectivity index (χ3n) is 3.98. The highest BCUT2D eigenvalue weighted by molar-refractivity contribution is 5.84. The van der Waals surface area contributed by atoms with Gasteiger partial charge in [-0.3, -0.25) is 4.79 Å². The van der Waals surface area contributed by atoms with Crippen LogP contribution in [0.4, 0.5) is 4.39 Å². The molecule has 1 saturated heterocycles. The third-order valence-corrected chi connectivity index (χ3v) is 3.98. The maximum absolute atomic E-state index is 13.0. The summed E-state index contributed by atoms with van der Waals surface area (Å²) in [7, 11) is 2.07. The van der Waals surface area contributed by atoms with Crippen LogP contribution in [-0.4, -0.2) is 48.9 Å². The van der Waals surface area contributed by atoms with Gasteiger partial charge in [0.1, 0.15) is 5.82 Å². The van der Waals surface area contributed by atoms with Crippen LogP contribution in [0.5, 0.6) is 0 Å². The molecule has 0 radical (unpaired) electrons. The van der Waals surface area contributed by atoms with Crippen molar-refractivity contribution in [1.29, 1.82) is 0 Å². The van der Waals surface area contributed by atoms with Crippen LogP contribution in [0, 0.1) is 11.7 Å². The Morgan fingerprint density at radius 1 is 1.10 bits per heavy atom. The van der Waals surface area contributed by atoms with Gasteiger partial charge in [0.15, 0.2) is 0 Å². The number of piperazine rings is 1. The minimum absolute atomic E-state index is 0.166. The minimum atomic E-state index is -0.261. The third kappa shape index (κ3) is 3.37. The van der Waals surface area contributed by atoms with Crippen LogP contribution >= 0.6 is 0 Å². The van der Waals surface area contributed by atoms with E-state index in [1.54, 1.807) is 12.1 Å². The molecule has 1 amide bonds. The van der Waals surface area contributed by atoms with Crippen molar-refractivity contribution in [2.45, 2.75) is 19.8 Å². The number of halogens is 1. The smallest absolute Gasteiger partial charge is 0.230 e. The number of likely N-dealkylation sites (N-methyl/N-ethyl adjacent to an activating group) is 1. The van der Waals surface area contributed by atoms with Gasteiger partial charge in [-0.05, 0) is 30.7 Å². The first-order valence-corrected chi connectivity index (χ1v) is 7.22. The largest absolute Gasteiger partial charge is 0.340 e. The summed E-state index contributed by atoms with van der Waals surface area (Å²) in [6, 6.07) is 6.33. The summed E-state index contributed by atoms with van der Waals surface area (Å²) in [6.45, 7) is 7.48. The lowest BCUT2D eigenvalue weighted by molar-refractivity contribution is -0.135. The lowest BCUT2D eigenvalue weighted by Gasteiger charge is -2.35. The number of nitrogens with zero attached hydrogens (tertiary/aromatic N) is 2. The van der Waals surface area contributed by atoms with E-state index in [4.69, 9.17) is 0 Å². The molecule has 0 N–H and O–H groups in total. The summed E-state index contributed by atoms with van der Waals surface area (Å²) >= 11 is 0. The molecule has 1 unspecified atom stereocenters. The number of carbonyl (C=O) groups is 1. The Balaban J connectivity index is 2.16. The fourth-order valence-electron chi connectivity index (χ4n) is 2.71. The highest BCUT2D eigenvalue weighted by Gasteiger charge is 2.30. The second-order valence-electron chi connectivity index (χ2n) is 5.90. The van der Waals surface area contributed by atoms with Crippen molar-refractivity contribution < 1.29 is 9.18 Å². The van der Waals surface area contributed by atoms with Gasteiger partial charge in [0.05, 0.1) is 5.92 Å². The van der Waals surface area contributed by atoms with Gasteiger partial charge in [0.2, 0.25) is 5.91 Å². The quantitative estimate of drug-likeness (QED) is 0.847. The predicted octanol–water partition coefficient (Wildman–Crippen LogP) is 2.34. The first-order valence-electron chi connectivity index (χ1n) is 7.22. The zero-order valence-corrected chi connectivity index (χ0v) is 12.5. The van der Waals surface area contributed by atoms with E-state index in [0.717, 1.165) is 31.7 Å². The van der Waals surface area contributed by atoms with Crippen molar-refractivity contribution in [3.05, 3.63) is 35.6 Å². The van der Waals surface area contributed by atoms with E-state index in [1.807, 2.05) is 18.7 Å². The normalized spacial score (nSPS) is 18.4. The number of benzene rings is 1.